The smallest absolute Gasteiger partial charge is 0.141 e. The highest BCUT2D eigenvalue weighted by Crippen LogP contribution is 2.22. The molecule has 0 aliphatic carbocycles. The summed E-state index contributed by atoms with van der Waals surface area (Å²) >= 11 is 0. The molecule has 0 saturated carbocycles. The first-order chi connectivity index (χ1) is 9.99. The lowest BCUT2D eigenvalue weighted by Crippen LogP contribution is -2.36. The van der Waals surface area contributed by atoms with Gasteiger partial charge in [-0.2, -0.15) is 0 Å². The molecule has 0 aliphatic heterocycles. The van der Waals surface area contributed by atoms with Crippen LogP contribution in [0.25, 0.3) is 0 Å². The quantitative estimate of drug-likeness (QED) is 0.742. The summed E-state index contributed by atoms with van der Waals surface area (Å²) in [5, 5.41) is 3.36. The molecule has 0 amide bonds. The van der Waals surface area contributed by atoms with Crippen molar-refractivity contribution in [2.24, 2.45) is 0 Å². The Morgan fingerprint density at radius 2 is 2.00 bits per heavy atom. The SMILES string of the molecule is CCCCN(c1ncc(F)cc1CNC(C)C)C(C)CC. The van der Waals surface area contributed by atoms with Crippen molar-refractivity contribution in [2.75, 3.05) is 11.4 Å². The number of nitrogens with one attached hydrogen (secondary N) is 1. The molecule has 1 unspecified atom stereocenters. The van der Waals surface area contributed by atoms with E-state index in [9.17, 15) is 4.39 Å². The van der Waals surface area contributed by atoms with Gasteiger partial charge in [-0.05, 0) is 25.8 Å². The van der Waals surface area contributed by atoms with Crippen LogP contribution in [-0.4, -0.2) is 23.6 Å². The first-order valence-electron chi connectivity index (χ1n) is 8.14. The number of nitrogens with zero attached hydrogens (tertiary/aromatic N) is 2. The van der Waals surface area contributed by atoms with Crippen LogP contribution in [-0.2, 0) is 6.54 Å². The van der Waals surface area contributed by atoms with Gasteiger partial charge in [0.2, 0.25) is 0 Å². The van der Waals surface area contributed by atoms with E-state index < -0.39 is 0 Å². The number of unbranched alkanes of at least 4 members (excludes halogenated alkanes) is 1. The molecule has 120 valence electrons. The van der Waals surface area contributed by atoms with Crippen molar-refractivity contribution in [3.63, 3.8) is 0 Å². The molecule has 0 saturated heterocycles. The van der Waals surface area contributed by atoms with Crippen LogP contribution in [0.1, 0.15) is 59.4 Å². The molecule has 1 atom stereocenters. The molecule has 1 heterocycles. The first-order valence-corrected chi connectivity index (χ1v) is 8.14. The number of anilines is 1. The summed E-state index contributed by atoms with van der Waals surface area (Å²) in [4.78, 5) is 6.71. The lowest BCUT2D eigenvalue weighted by Gasteiger charge is -2.31. The molecule has 0 radical (unpaired) electrons. The topological polar surface area (TPSA) is 28.2 Å². The predicted molar refractivity (Wildman–Crippen MR) is 88.2 cm³/mol. The van der Waals surface area contributed by atoms with Gasteiger partial charge in [0, 0.05) is 30.7 Å². The van der Waals surface area contributed by atoms with Crippen molar-refractivity contribution in [1.82, 2.24) is 10.3 Å². The summed E-state index contributed by atoms with van der Waals surface area (Å²) in [7, 11) is 0. The zero-order valence-corrected chi connectivity index (χ0v) is 14.1. The van der Waals surface area contributed by atoms with Gasteiger partial charge < -0.3 is 10.2 Å². The molecule has 1 N–H and O–H groups in total. The maximum absolute atomic E-state index is 13.6. The van der Waals surface area contributed by atoms with Crippen molar-refractivity contribution in [1.29, 1.82) is 0 Å². The molecular formula is C17H30FN3. The second-order valence-electron chi connectivity index (χ2n) is 5.98. The van der Waals surface area contributed by atoms with Gasteiger partial charge in [-0.15, -0.1) is 0 Å². The average molecular weight is 295 g/mol. The molecule has 0 fully saturated rings. The lowest BCUT2D eigenvalue weighted by molar-refractivity contribution is 0.559. The van der Waals surface area contributed by atoms with Crippen LogP contribution >= 0.6 is 0 Å². The van der Waals surface area contributed by atoms with E-state index in [1.54, 1.807) is 6.07 Å². The monoisotopic (exact) mass is 295 g/mol. The number of aromatic nitrogens is 1. The van der Waals surface area contributed by atoms with Crippen LogP contribution in [0.2, 0.25) is 0 Å². The van der Waals surface area contributed by atoms with E-state index in [4.69, 9.17) is 0 Å². The Hall–Kier alpha value is -1.16. The summed E-state index contributed by atoms with van der Waals surface area (Å²) in [6, 6.07) is 2.39. The van der Waals surface area contributed by atoms with E-state index in [-0.39, 0.29) is 5.82 Å². The summed E-state index contributed by atoms with van der Waals surface area (Å²) in [5.41, 5.74) is 0.945. The fourth-order valence-electron chi connectivity index (χ4n) is 2.26. The van der Waals surface area contributed by atoms with Gasteiger partial charge in [-0.25, -0.2) is 9.37 Å². The summed E-state index contributed by atoms with van der Waals surface area (Å²) in [5.74, 6) is 0.659. The first kappa shape index (κ1) is 17.9. The largest absolute Gasteiger partial charge is 0.354 e. The Bertz CT molecular complexity index is 420. The van der Waals surface area contributed by atoms with E-state index in [2.05, 4.69) is 49.8 Å². The molecule has 3 nitrogen and oxygen atoms in total. The second-order valence-corrected chi connectivity index (χ2v) is 5.98. The number of halogens is 1. The third kappa shape index (κ3) is 5.62. The Labute approximate surface area is 129 Å². The Morgan fingerprint density at radius 3 is 2.57 bits per heavy atom. The Balaban J connectivity index is 3.04. The average Bonchev–Trinajstić information content (AvgIpc) is 2.46. The molecule has 4 heteroatoms. The molecule has 0 bridgehead atoms. The Morgan fingerprint density at radius 1 is 1.29 bits per heavy atom. The third-order valence-electron chi connectivity index (χ3n) is 3.76. The van der Waals surface area contributed by atoms with Crippen LogP contribution in [0.4, 0.5) is 10.2 Å². The van der Waals surface area contributed by atoms with E-state index in [0.717, 1.165) is 37.2 Å². The zero-order chi connectivity index (χ0) is 15.8. The van der Waals surface area contributed by atoms with Crippen LogP contribution in [0.5, 0.6) is 0 Å². The minimum atomic E-state index is -0.265. The second kappa shape index (κ2) is 8.98. The lowest BCUT2D eigenvalue weighted by atomic mass is 10.1. The molecule has 0 aromatic carbocycles. The normalized spacial score (nSPS) is 12.7. The molecular weight excluding hydrogens is 265 g/mol. The summed E-state index contributed by atoms with van der Waals surface area (Å²) < 4.78 is 13.6. The van der Waals surface area contributed by atoms with Gasteiger partial charge in [-0.1, -0.05) is 34.1 Å². The van der Waals surface area contributed by atoms with E-state index in [0.29, 0.717) is 18.6 Å². The summed E-state index contributed by atoms with van der Waals surface area (Å²) in [6.45, 7) is 12.4. The highest BCUT2D eigenvalue weighted by Gasteiger charge is 2.18. The van der Waals surface area contributed by atoms with Gasteiger partial charge in [0.25, 0.3) is 0 Å². The maximum Gasteiger partial charge on any atom is 0.141 e. The van der Waals surface area contributed by atoms with E-state index in [1.807, 2.05) is 0 Å². The van der Waals surface area contributed by atoms with Crippen molar-refractivity contribution in [2.45, 2.75) is 72.5 Å². The molecule has 0 aliphatic rings. The molecule has 1 aromatic rings. The van der Waals surface area contributed by atoms with Crippen LogP contribution in [0.3, 0.4) is 0 Å². The maximum atomic E-state index is 13.6. The van der Waals surface area contributed by atoms with Crippen molar-refractivity contribution < 1.29 is 4.39 Å². The number of pyridine rings is 1. The van der Waals surface area contributed by atoms with Gasteiger partial charge in [0.1, 0.15) is 11.6 Å². The van der Waals surface area contributed by atoms with Crippen molar-refractivity contribution in [3.05, 3.63) is 23.6 Å². The zero-order valence-electron chi connectivity index (χ0n) is 14.1. The standard InChI is InChI=1S/C17H30FN3/c1-6-8-9-21(14(5)7-2)17-15(11-19-13(3)4)10-16(18)12-20-17/h10,12-14,19H,6-9,11H2,1-5H3. The van der Waals surface area contributed by atoms with E-state index >= 15 is 0 Å². The van der Waals surface area contributed by atoms with Crippen LogP contribution in [0.15, 0.2) is 12.3 Å². The third-order valence-corrected chi connectivity index (χ3v) is 3.76. The fraction of sp³-hybridized carbons (Fsp3) is 0.706. The van der Waals surface area contributed by atoms with Gasteiger partial charge in [0.05, 0.1) is 6.20 Å². The van der Waals surface area contributed by atoms with Gasteiger partial charge in [0.15, 0.2) is 0 Å². The minimum Gasteiger partial charge on any atom is -0.354 e. The number of hydrogen-bond donors (Lipinski definition) is 1. The van der Waals surface area contributed by atoms with Crippen LogP contribution < -0.4 is 10.2 Å². The Kier molecular flexibility index (Phi) is 7.65. The minimum absolute atomic E-state index is 0.265. The number of hydrogen-bond acceptors (Lipinski definition) is 3. The van der Waals surface area contributed by atoms with Crippen molar-refractivity contribution >= 4 is 5.82 Å². The highest BCUT2D eigenvalue weighted by atomic mass is 19.1. The van der Waals surface area contributed by atoms with Gasteiger partial charge >= 0.3 is 0 Å². The predicted octanol–water partition coefficient (Wildman–Crippen LogP) is 4.12. The molecule has 1 aromatic heterocycles. The van der Waals surface area contributed by atoms with Crippen molar-refractivity contribution in [3.8, 4) is 0 Å². The fourth-order valence-corrected chi connectivity index (χ4v) is 2.26. The molecule has 21 heavy (non-hydrogen) atoms. The number of rotatable bonds is 9. The molecule has 1 rings (SSSR count). The van der Waals surface area contributed by atoms with Gasteiger partial charge in [-0.3, -0.25) is 0 Å². The van der Waals surface area contributed by atoms with Crippen LogP contribution in [0, 0.1) is 5.82 Å². The molecule has 0 spiro atoms. The van der Waals surface area contributed by atoms with E-state index in [1.165, 1.54) is 6.20 Å². The highest BCUT2D eigenvalue weighted by molar-refractivity contribution is 5.47. The summed E-state index contributed by atoms with van der Waals surface area (Å²) in [6.07, 6.45) is 4.66.